The fraction of sp³-hybridized carbons (Fsp3) is 0.235. The zero-order valence-corrected chi connectivity index (χ0v) is 14.7. The first-order chi connectivity index (χ1) is 11.3. The average molecular weight is 347 g/mol. The van der Waals surface area contributed by atoms with Gasteiger partial charge >= 0.3 is 0 Å². The third-order valence-corrected chi connectivity index (χ3v) is 3.75. The predicted octanol–water partition coefficient (Wildman–Crippen LogP) is 2.72. The lowest BCUT2D eigenvalue weighted by molar-refractivity contribution is 0.0960. The number of hydrogen-bond acceptors (Lipinski definition) is 4. The molecule has 0 atom stereocenters. The van der Waals surface area contributed by atoms with Crippen LogP contribution in [0.3, 0.4) is 0 Å². The van der Waals surface area contributed by atoms with Crippen molar-refractivity contribution in [1.29, 1.82) is 0 Å². The number of carbonyl (C=O) groups excluding carboxylic acids is 2. The van der Waals surface area contributed by atoms with E-state index in [4.69, 9.17) is 11.6 Å². The van der Waals surface area contributed by atoms with E-state index in [-0.39, 0.29) is 17.0 Å². The third-order valence-electron chi connectivity index (χ3n) is 3.55. The van der Waals surface area contributed by atoms with Crippen molar-refractivity contribution in [2.75, 3.05) is 31.4 Å². The molecule has 2 aromatic rings. The number of aromatic nitrogens is 1. The van der Waals surface area contributed by atoms with Gasteiger partial charge < -0.3 is 15.5 Å². The molecule has 0 unspecified atom stereocenters. The van der Waals surface area contributed by atoms with E-state index in [9.17, 15) is 9.59 Å². The van der Waals surface area contributed by atoms with Crippen LogP contribution < -0.4 is 15.5 Å². The minimum Gasteiger partial charge on any atom is -0.363 e. The molecule has 0 radical (unpaired) electrons. The van der Waals surface area contributed by atoms with Crippen molar-refractivity contribution in [2.45, 2.75) is 6.92 Å². The first kappa shape index (κ1) is 17.7. The lowest BCUT2D eigenvalue weighted by Crippen LogP contribution is -2.20. The first-order valence-electron chi connectivity index (χ1n) is 7.31. The number of benzene rings is 1. The molecule has 0 fully saturated rings. The largest absolute Gasteiger partial charge is 0.363 e. The number of halogens is 1. The van der Waals surface area contributed by atoms with E-state index in [0.717, 1.165) is 0 Å². The highest BCUT2D eigenvalue weighted by molar-refractivity contribution is 6.30. The van der Waals surface area contributed by atoms with E-state index in [1.165, 1.54) is 6.07 Å². The summed E-state index contributed by atoms with van der Waals surface area (Å²) in [5.41, 5.74) is 2.17. The zero-order valence-electron chi connectivity index (χ0n) is 14.0. The lowest BCUT2D eigenvalue weighted by Gasteiger charge is -2.14. The lowest BCUT2D eigenvalue weighted by atomic mass is 10.1. The van der Waals surface area contributed by atoms with Crippen molar-refractivity contribution in [2.24, 2.45) is 0 Å². The van der Waals surface area contributed by atoms with Crippen LogP contribution in [0.2, 0.25) is 5.15 Å². The Morgan fingerprint density at radius 2 is 1.88 bits per heavy atom. The van der Waals surface area contributed by atoms with Crippen LogP contribution in [0.4, 0.5) is 11.5 Å². The van der Waals surface area contributed by atoms with Crippen molar-refractivity contribution >= 4 is 34.9 Å². The van der Waals surface area contributed by atoms with Crippen molar-refractivity contribution in [3.8, 4) is 0 Å². The molecular formula is C17H19ClN4O2. The van der Waals surface area contributed by atoms with Gasteiger partial charge in [0.2, 0.25) is 0 Å². The molecule has 24 heavy (non-hydrogen) atoms. The number of amides is 2. The summed E-state index contributed by atoms with van der Waals surface area (Å²) in [5.74, 6) is 0.0634. The minimum atomic E-state index is -0.320. The Kier molecular flexibility index (Phi) is 5.41. The van der Waals surface area contributed by atoms with Gasteiger partial charge in [-0.05, 0) is 36.8 Å². The third kappa shape index (κ3) is 3.83. The molecule has 1 aromatic carbocycles. The Hall–Kier alpha value is -2.60. The molecule has 2 N–H and O–H groups in total. The number of pyridine rings is 1. The summed E-state index contributed by atoms with van der Waals surface area (Å²) < 4.78 is 0. The molecule has 6 nitrogen and oxygen atoms in total. The first-order valence-corrected chi connectivity index (χ1v) is 7.69. The van der Waals surface area contributed by atoms with Gasteiger partial charge in [-0.25, -0.2) is 4.98 Å². The van der Waals surface area contributed by atoms with Gasteiger partial charge in [0.25, 0.3) is 11.8 Å². The van der Waals surface area contributed by atoms with Gasteiger partial charge in [0.15, 0.2) is 0 Å². The SMILES string of the molecule is CNC(=O)c1cccc(NC(=O)c2cc(Cl)nc(N(C)C)c2)c1C. The summed E-state index contributed by atoms with van der Waals surface area (Å²) in [6.45, 7) is 1.78. The standard InChI is InChI=1S/C17H19ClN4O2/c1-10-12(17(24)19-2)6-5-7-13(10)20-16(23)11-8-14(18)21-15(9-11)22(3)4/h5-9H,1-4H3,(H,19,24)(H,20,23). The van der Waals surface area contributed by atoms with Crippen LogP contribution in [-0.2, 0) is 0 Å². The molecule has 1 heterocycles. The van der Waals surface area contributed by atoms with Crippen molar-refractivity contribution in [3.05, 3.63) is 52.2 Å². The Morgan fingerprint density at radius 3 is 2.50 bits per heavy atom. The Bertz CT molecular complexity index is 790. The number of nitrogens with one attached hydrogen (secondary N) is 2. The van der Waals surface area contributed by atoms with Crippen molar-refractivity contribution < 1.29 is 9.59 Å². The molecule has 1 aromatic heterocycles. The van der Waals surface area contributed by atoms with Crippen LogP contribution in [0.25, 0.3) is 0 Å². The average Bonchev–Trinajstić information content (AvgIpc) is 2.55. The highest BCUT2D eigenvalue weighted by Crippen LogP contribution is 2.22. The monoisotopic (exact) mass is 346 g/mol. The smallest absolute Gasteiger partial charge is 0.255 e. The van der Waals surface area contributed by atoms with Gasteiger partial charge in [0, 0.05) is 38.0 Å². The zero-order chi connectivity index (χ0) is 17.9. The van der Waals surface area contributed by atoms with Gasteiger partial charge in [0.05, 0.1) is 0 Å². The minimum absolute atomic E-state index is 0.203. The van der Waals surface area contributed by atoms with Crippen LogP contribution in [-0.4, -0.2) is 37.9 Å². The van der Waals surface area contributed by atoms with E-state index < -0.39 is 0 Å². The van der Waals surface area contributed by atoms with Crippen LogP contribution >= 0.6 is 11.6 Å². The summed E-state index contributed by atoms with van der Waals surface area (Å²) in [7, 11) is 5.20. The van der Waals surface area contributed by atoms with Gasteiger partial charge in [-0.2, -0.15) is 0 Å². The molecule has 7 heteroatoms. The topological polar surface area (TPSA) is 74.3 Å². The van der Waals surface area contributed by atoms with E-state index >= 15 is 0 Å². The van der Waals surface area contributed by atoms with Crippen LogP contribution in [0.5, 0.6) is 0 Å². The molecule has 0 spiro atoms. The van der Waals surface area contributed by atoms with Crippen molar-refractivity contribution in [1.82, 2.24) is 10.3 Å². The fourth-order valence-electron chi connectivity index (χ4n) is 2.19. The quantitative estimate of drug-likeness (QED) is 0.835. The second-order valence-corrected chi connectivity index (χ2v) is 5.83. The van der Waals surface area contributed by atoms with Gasteiger partial charge in [-0.1, -0.05) is 17.7 Å². The highest BCUT2D eigenvalue weighted by Gasteiger charge is 2.14. The van der Waals surface area contributed by atoms with E-state index in [1.807, 2.05) is 14.1 Å². The maximum absolute atomic E-state index is 12.5. The number of anilines is 2. The number of carbonyl (C=O) groups is 2. The molecule has 0 aliphatic heterocycles. The fourth-order valence-corrected chi connectivity index (χ4v) is 2.39. The van der Waals surface area contributed by atoms with Crippen LogP contribution in [0.1, 0.15) is 26.3 Å². The van der Waals surface area contributed by atoms with Crippen molar-refractivity contribution in [3.63, 3.8) is 0 Å². The molecular weight excluding hydrogens is 328 g/mol. The maximum atomic E-state index is 12.5. The molecule has 0 saturated carbocycles. The van der Waals surface area contributed by atoms with Gasteiger partial charge in [-0.3, -0.25) is 9.59 Å². The van der Waals surface area contributed by atoms with E-state index in [2.05, 4.69) is 15.6 Å². The van der Waals surface area contributed by atoms with Gasteiger partial charge in [0.1, 0.15) is 11.0 Å². The molecule has 0 bridgehead atoms. The maximum Gasteiger partial charge on any atom is 0.255 e. The second-order valence-electron chi connectivity index (χ2n) is 5.44. The molecule has 126 valence electrons. The molecule has 0 aliphatic carbocycles. The number of hydrogen-bond donors (Lipinski definition) is 2. The normalized spacial score (nSPS) is 10.2. The van der Waals surface area contributed by atoms with E-state index in [1.54, 1.807) is 43.1 Å². The predicted molar refractivity (Wildman–Crippen MR) is 96.1 cm³/mol. The molecule has 0 saturated heterocycles. The Labute approximate surface area is 145 Å². The summed E-state index contributed by atoms with van der Waals surface area (Å²) in [4.78, 5) is 30.3. The second kappa shape index (κ2) is 7.31. The van der Waals surface area contributed by atoms with E-state index in [0.29, 0.717) is 28.2 Å². The Balaban J connectivity index is 2.32. The van der Waals surface area contributed by atoms with Gasteiger partial charge in [-0.15, -0.1) is 0 Å². The van der Waals surface area contributed by atoms with Crippen LogP contribution in [0.15, 0.2) is 30.3 Å². The number of nitrogens with zero attached hydrogens (tertiary/aromatic N) is 2. The highest BCUT2D eigenvalue weighted by atomic mass is 35.5. The summed E-state index contributed by atoms with van der Waals surface area (Å²) >= 11 is 5.99. The summed E-state index contributed by atoms with van der Waals surface area (Å²) in [5, 5.41) is 5.63. The number of rotatable bonds is 4. The van der Waals surface area contributed by atoms with Crippen LogP contribution in [0, 0.1) is 6.92 Å². The molecule has 0 aliphatic rings. The Morgan fingerprint density at radius 1 is 1.17 bits per heavy atom. The summed E-state index contributed by atoms with van der Waals surface area (Å²) in [6.07, 6.45) is 0. The molecule has 2 amide bonds. The molecule has 2 rings (SSSR count). The summed E-state index contributed by atoms with van der Waals surface area (Å²) in [6, 6.07) is 8.32.